The van der Waals surface area contributed by atoms with Gasteiger partial charge >= 0.3 is 0 Å². The van der Waals surface area contributed by atoms with Gasteiger partial charge in [0.15, 0.2) is 0 Å². The van der Waals surface area contributed by atoms with E-state index in [9.17, 15) is 4.79 Å². The maximum atomic E-state index is 12.8. The van der Waals surface area contributed by atoms with Crippen LogP contribution in [0.2, 0.25) is 0 Å². The lowest BCUT2D eigenvalue weighted by molar-refractivity contribution is -0.123. The predicted molar refractivity (Wildman–Crippen MR) is 121 cm³/mol. The molecular weight excluding hydrogens is 402 g/mol. The molecule has 2 aromatic rings. The summed E-state index contributed by atoms with van der Waals surface area (Å²) in [5.74, 6) is 0.732. The van der Waals surface area contributed by atoms with Crippen LogP contribution in [-0.4, -0.2) is 34.4 Å². The molecule has 0 N–H and O–H groups in total. The number of carbonyl (C=O) groups is 1. The summed E-state index contributed by atoms with van der Waals surface area (Å²) in [5, 5.41) is 0. The van der Waals surface area contributed by atoms with E-state index in [1.807, 2.05) is 30.3 Å². The summed E-state index contributed by atoms with van der Waals surface area (Å²) in [4.78, 5) is 15.1. The molecule has 2 aliphatic heterocycles. The van der Waals surface area contributed by atoms with Gasteiger partial charge in [0.1, 0.15) is 16.7 Å². The Bertz CT molecular complexity index is 933. The molecule has 1 atom stereocenters. The van der Waals surface area contributed by atoms with Gasteiger partial charge in [-0.15, -0.1) is 0 Å². The highest BCUT2D eigenvalue weighted by atomic mass is 32.2. The van der Waals surface area contributed by atoms with Crippen molar-refractivity contribution >= 4 is 40.3 Å². The molecule has 0 radical (unpaired) electrons. The van der Waals surface area contributed by atoms with Gasteiger partial charge in [-0.2, -0.15) is 0 Å². The van der Waals surface area contributed by atoms with E-state index in [1.165, 1.54) is 17.3 Å². The van der Waals surface area contributed by atoms with Crippen molar-refractivity contribution in [3.8, 4) is 5.75 Å². The van der Waals surface area contributed by atoms with Crippen molar-refractivity contribution < 1.29 is 14.3 Å². The quantitative estimate of drug-likeness (QED) is 0.483. The van der Waals surface area contributed by atoms with Gasteiger partial charge in [0, 0.05) is 6.61 Å². The van der Waals surface area contributed by atoms with Gasteiger partial charge in [0.25, 0.3) is 5.91 Å². The lowest BCUT2D eigenvalue weighted by Gasteiger charge is -2.18. The second-order valence-corrected chi connectivity index (χ2v) is 8.95. The van der Waals surface area contributed by atoms with Crippen LogP contribution in [0.25, 0.3) is 6.08 Å². The van der Waals surface area contributed by atoms with Crippen molar-refractivity contribution in [1.29, 1.82) is 0 Å². The third-order valence-electron chi connectivity index (χ3n) is 4.97. The monoisotopic (exact) mass is 425 g/mol. The Kier molecular flexibility index (Phi) is 6.33. The van der Waals surface area contributed by atoms with Crippen LogP contribution >= 0.6 is 24.0 Å². The molecule has 150 valence electrons. The summed E-state index contributed by atoms with van der Waals surface area (Å²) in [6.07, 6.45) is 4.00. The van der Waals surface area contributed by atoms with E-state index in [0.29, 0.717) is 22.4 Å². The minimum atomic E-state index is -0.0403. The maximum Gasteiger partial charge on any atom is 0.266 e. The lowest BCUT2D eigenvalue weighted by atomic mass is 10.1. The number of thioether (sulfide) groups is 1. The fourth-order valence-electron chi connectivity index (χ4n) is 3.35. The maximum absolute atomic E-state index is 12.8. The second-order valence-electron chi connectivity index (χ2n) is 7.27. The van der Waals surface area contributed by atoms with Gasteiger partial charge < -0.3 is 9.47 Å². The van der Waals surface area contributed by atoms with E-state index in [0.717, 1.165) is 36.3 Å². The first-order valence-corrected chi connectivity index (χ1v) is 11.0. The molecule has 0 spiro atoms. The summed E-state index contributed by atoms with van der Waals surface area (Å²) in [6, 6.07) is 16.1. The Hall–Kier alpha value is -2.15. The SMILES string of the molecule is Cc1ccc(COc2cccc(/C=C3\SC(=S)N(C[C@@H]4CCCO4)C3=O)c2)cc1. The zero-order valence-electron chi connectivity index (χ0n) is 16.3. The second kappa shape index (κ2) is 9.11. The summed E-state index contributed by atoms with van der Waals surface area (Å²) in [6.45, 7) is 3.89. The molecule has 2 aliphatic rings. The fraction of sp³-hybridized carbons (Fsp3) is 0.304. The Balaban J connectivity index is 1.42. The van der Waals surface area contributed by atoms with Crippen LogP contribution in [-0.2, 0) is 16.1 Å². The molecular formula is C23H23NO3S2. The summed E-state index contributed by atoms with van der Waals surface area (Å²) in [7, 11) is 0. The van der Waals surface area contributed by atoms with Crippen LogP contribution in [0.1, 0.15) is 29.5 Å². The number of carbonyl (C=O) groups excluding carboxylic acids is 1. The van der Waals surface area contributed by atoms with Gasteiger partial charge in [-0.05, 0) is 49.1 Å². The number of thiocarbonyl (C=S) groups is 1. The first kappa shape index (κ1) is 20.1. The average molecular weight is 426 g/mol. The van der Waals surface area contributed by atoms with Gasteiger partial charge in [-0.3, -0.25) is 9.69 Å². The molecule has 2 heterocycles. The molecule has 4 rings (SSSR count). The Labute approximate surface area is 180 Å². The summed E-state index contributed by atoms with van der Waals surface area (Å²) in [5.41, 5.74) is 3.27. The minimum Gasteiger partial charge on any atom is -0.489 e. The van der Waals surface area contributed by atoms with Gasteiger partial charge in [0.2, 0.25) is 0 Å². The molecule has 0 unspecified atom stereocenters. The first-order valence-electron chi connectivity index (χ1n) is 9.74. The van der Waals surface area contributed by atoms with E-state index in [1.54, 1.807) is 4.90 Å². The van der Waals surface area contributed by atoms with Crippen LogP contribution in [0.3, 0.4) is 0 Å². The van der Waals surface area contributed by atoms with Crippen molar-refractivity contribution in [3.05, 3.63) is 70.1 Å². The zero-order chi connectivity index (χ0) is 20.2. The van der Waals surface area contributed by atoms with Gasteiger partial charge in [0.05, 0.1) is 17.6 Å². The normalized spacial score (nSPS) is 20.7. The highest BCUT2D eigenvalue weighted by molar-refractivity contribution is 8.26. The molecule has 2 aromatic carbocycles. The van der Waals surface area contributed by atoms with Crippen LogP contribution < -0.4 is 4.74 Å². The van der Waals surface area contributed by atoms with Crippen molar-refractivity contribution in [2.24, 2.45) is 0 Å². The number of benzene rings is 2. The molecule has 0 bridgehead atoms. The molecule has 0 aromatic heterocycles. The Morgan fingerprint density at radius 3 is 2.86 bits per heavy atom. The zero-order valence-corrected chi connectivity index (χ0v) is 17.9. The minimum absolute atomic E-state index is 0.0403. The van der Waals surface area contributed by atoms with Crippen molar-refractivity contribution in [2.45, 2.75) is 32.5 Å². The number of nitrogens with zero attached hydrogens (tertiary/aromatic N) is 1. The molecule has 2 saturated heterocycles. The highest BCUT2D eigenvalue weighted by Crippen LogP contribution is 2.34. The van der Waals surface area contributed by atoms with Gasteiger partial charge in [-0.1, -0.05) is 65.9 Å². The standard InChI is InChI=1S/C23H23NO3S2/c1-16-7-9-17(10-8-16)15-27-19-5-2-4-18(12-19)13-21-22(25)24(23(28)29-21)14-20-6-3-11-26-20/h2,4-5,7-10,12-13,20H,3,6,11,14-15H2,1H3/b21-13-/t20-/m0/s1. The smallest absolute Gasteiger partial charge is 0.266 e. The molecule has 2 fully saturated rings. The fourth-order valence-corrected chi connectivity index (χ4v) is 4.62. The highest BCUT2D eigenvalue weighted by Gasteiger charge is 2.34. The van der Waals surface area contributed by atoms with Crippen molar-refractivity contribution in [3.63, 3.8) is 0 Å². The van der Waals surface area contributed by atoms with E-state index < -0.39 is 0 Å². The van der Waals surface area contributed by atoms with E-state index in [4.69, 9.17) is 21.7 Å². The van der Waals surface area contributed by atoms with Gasteiger partial charge in [-0.25, -0.2) is 0 Å². The molecule has 29 heavy (non-hydrogen) atoms. The number of rotatable bonds is 6. The Morgan fingerprint density at radius 1 is 1.28 bits per heavy atom. The van der Waals surface area contributed by atoms with Crippen LogP contribution in [0.5, 0.6) is 5.75 Å². The third-order valence-corrected chi connectivity index (χ3v) is 6.34. The summed E-state index contributed by atoms with van der Waals surface area (Å²) < 4.78 is 12.2. The van der Waals surface area contributed by atoms with E-state index in [-0.39, 0.29) is 12.0 Å². The number of hydrogen-bond donors (Lipinski definition) is 0. The summed E-state index contributed by atoms with van der Waals surface area (Å²) >= 11 is 6.77. The predicted octanol–water partition coefficient (Wildman–Crippen LogP) is 4.95. The molecule has 6 heteroatoms. The van der Waals surface area contributed by atoms with Crippen LogP contribution in [0.4, 0.5) is 0 Å². The topological polar surface area (TPSA) is 38.8 Å². The number of aryl methyl sites for hydroxylation is 1. The van der Waals surface area contributed by atoms with Crippen LogP contribution in [0.15, 0.2) is 53.4 Å². The first-order chi connectivity index (χ1) is 14.1. The number of amides is 1. The van der Waals surface area contributed by atoms with Crippen LogP contribution in [0, 0.1) is 6.92 Å². The molecule has 1 amide bonds. The van der Waals surface area contributed by atoms with E-state index >= 15 is 0 Å². The molecule has 4 nitrogen and oxygen atoms in total. The lowest BCUT2D eigenvalue weighted by Crippen LogP contribution is -2.35. The number of ether oxygens (including phenoxy) is 2. The number of hydrogen-bond acceptors (Lipinski definition) is 5. The molecule has 0 aliphatic carbocycles. The largest absolute Gasteiger partial charge is 0.489 e. The van der Waals surface area contributed by atoms with Crippen molar-refractivity contribution in [2.75, 3.05) is 13.2 Å². The molecule has 0 saturated carbocycles. The average Bonchev–Trinajstić information content (AvgIpc) is 3.32. The van der Waals surface area contributed by atoms with E-state index in [2.05, 4.69) is 31.2 Å². The Morgan fingerprint density at radius 2 is 2.10 bits per heavy atom. The van der Waals surface area contributed by atoms with Crippen molar-refractivity contribution in [1.82, 2.24) is 4.90 Å². The third kappa shape index (κ3) is 5.07.